The van der Waals surface area contributed by atoms with E-state index in [-0.39, 0.29) is 0 Å². The lowest BCUT2D eigenvalue weighted by Gasteiger charge is -1.93. The molecule has 4 nitrogen and oxygen atoms in total. The van der Waals surface area contributed by atoms with Crippen molar-refractivity contribution < 1.29 is 10.0 Å². The van der Waals surface area contributed by atoms with E-state index in [1.54, 1.807) is 0 Å². The molecule has 0 aromatic carbocycles. The first kappa shape index (κ1) is 6.71. The predicted molar refractivity (Wildman–Crippen MR) is 26.9 cm³/mol. The first-order chi connectivity index (χ1) is 3.18. The fraction of sp³-hybridized carbons (Fsp3) is 1.00. The van der Waals surface area contributed by atoms with Gasteiger partial charge in [-0.25, -0.2) is 0 Å². The molecule has 0 radical (unpaired) electrons. The Bertz CT molecular complexity index is 75.3. The summed E-state index contributed by atoms with van der Waals surface area (Å²) in [7, 11) is 0. The zero-order valence-corrected chi connectivity index (χ0v) is 4.34. The Hall–Kier alpha value is -0.290. The Morgan fingerprint density at radius 3 is 2.43 bits per heavy atom. The van der Waals surface area contributed by atoms with Gasteiger partial charge in [0.05, 0.1) is 0 Å². The van der Waals surface area contributed by atoms with Crippen molar-refractivity contribution in [3.63, 3.8) is 0 Å². The van der Waals surface area contributed by atoms with Crippen LogP contribution in [0.15, 0.2) is 0 Å². The van der Waals surface area contributed by atoms with Gasteiger partial charge in [0.1, 0.15) is 6.61 Å². The van der Waals surface area contributed by atoms with E-state index in [4.69, 9.17) is 5.11 Å². The average Bonchev–Trinajstić information content (AvgIpc) is 1.65. The van der Waals surface area contributed by atoms with Crippen molar-refractivity contribution in [2.75, 3.05) is 6.61 Å². The Labute approximate surface area is 45.7 Å². The minimum Gasteiger partial charge on any atom is -0.388 e. The number of thiol groups is 1. The van der Waals surface area contributed by atoms with Crippen molar-refractivity contribution in [3.05, 3.63) is 10.1 Å². The Kier molecular flexibility index (Phi) is 2.70. The summed E-state index contributed by atoms with van der Waals surface area (Å²) < 4.78 is 0. The van der Waals surface area contributed by atoms with E-state index in [9.17, 15) is 10.1 Å². The number of nitrogens with zero attached hydrogens (tertiary/aromatic N) is 1. The van der Waals surface area contributed by atoms with E-state index in [1.807, 2.05) is 0 Å². The summed E-state index contributed by atoms with van der Waals surface area (Å²) in [6.45, 7) is -0.518. The molecular formula is C2H5NO3S. The van der Waals surface area contributed by atoms with Gasteiger partial charge in [-0.05, 0) is 0 Å². The van der Waals surface area contributed by atoms with Gasteiger partial charge in [-0.15, -0.1) is 0 Å². The van der Waals surface area contributed by atoms with Crippen molar-refractivity contribution in [1.29, 1.82) is 0 Å². The monoisotopic (exact) mass is 123 g/mol. The lowest BCUT2D eigenvalue weighted by atomic mass is 10.7. The number of hydrogen-bond donors (Lipinski definition) is 2. The van der Waals surface area contributed by atoms with Gasteiger partial charge >= 0.3 is 0 Å². The second kappa shape index (κ2) is 2.81. The lowest BCUT2D eigenvalue weighted by molar-refractivity contribution is -0.497. The summed E-state index contributed by atoms with van der Waals surface area (Å²) >= 11 is 3.38. The van der Waals surface area contributed by atoms with Gasteiger partial charge < -0.3 is 5.11 Å². The van der Waals surface area contributed by atoms with Crippen LogP contribution in [0.5, 0.6) is 0 Å². The fourth-order valence-electron chi connectivity index (χ4n) is 0.0667. The van der Waals surface area contributed by atoms with Gasteiger partial charge in [0.25, 0.3) is 5.37 Å². The minimum absolute atomic E-state index is 0.518. The maximum Gasteiger partial charge on any atom is 0.278 e. The van der Waals surface area contributed by atoms with Gasteiger partial charge in [-0.3, -0.25) is 10.1 Å². The third-order valence-corrected chi connectivity index (χ3v) is 0.759. The third-order valence-electron chi connectivity index (χ3n) is 0.407. The van der Waals surface area contributed by atoms with Crippen LogP contribution in [-0.2, 0) is 0 Å². The van der Waals surface area contributed by atoms with E-state index < -0.39 is 16.9 Å². The van der Waals surface area contributed by atoms with E-state index in [0.29, 0.717) is 0 Å². The molecule has 0 bridgehead atoms. The Balaban J connectivity index is 3.34. The molecule has 0 saturated carbocycles. The van der Waals surface area contributed by atoms with Crippen LogP contribution >= 0.6 is 12.6 Å². The number of aliphatic hydroxyl groups excluding tert-OH is 1. The molecule has 0 heterocycles. The molecule has 0 rings (SSSR count). The molecule has 1 unspecified atom stereocenters. The standard InChI is InChI=1S/C2H5NO3S/c4-1-2(7)3(5)6/h2,4,7H,1H2. The van der Waals surface area contributed by atoms with Crippen molar-refractivity contribution in [1.82, 2.24) is 0 Å². The van der Waals surface area contributed by atoms with Crippen LogP contribution in [0, 0.1) is 10.1 Å². The highest BCUT2D eigenvalue weighted by Crippen LogP contribution is 1.90. The molecule has 1 N–H and O–H groups in total. The van der Waals surface area contributed by atoms with Crippen LogP contribution in [0.25, 0.3) is 0 Å². The Morgan fingerprint density at radius 2 is 2.43 bits per heavy atom. The smallest absolute Gasteiger partial charge is 0.278 e. The SMILES string of the molecule is O=[N+]([O-])C(S)CO. The second-order valence-corrected chi connectivity index (χ2v) is 1.54. The van der Waals surface area contributed by atoms with Crippen molar-refractivity contribution >= 4 is 12.6 Å². The van der Waals surface area contributed by atoms with Crippen molar-refractivity contribution in [2.24, 2.45) is 0 Å². The third kappa shape index (κ3) is 2.41. The summed E-state index contributed by atoms with van der Waals surface area (Å²) in [4.78, 5) is 8.84. The van der Waals surface area contributed by atoms with Gasteiger partial charge in [-0.1, -0.05) is 12.6 Å². The van der Waals surface area contributed by atoms with Gasteiger partial charge in [0.15, 0.2) is 0 Å². The van der Waals surface area contributed by atoms with Crippen molar-refractivity contribution in [2.45, 2.75) is 5.37 Å². The molecule has 42 valence electrons. The van der Waals surface area contributed by atoms with Crippen LogP contribution < -0.4 is 0 Å². The molecule has 0 fully saturated rings. The average molecular weight is 123 g/mol. The number of aliphatic hydroxyl groups is 1. The molecule has 1 atom stereocenters. The van der Waals surface area contributed by atoms with E-state index >= 15 is 0 Å². The second-order valence-electron chi connectivity index (χ2n) is 0.949. The topological polar surface area (TPSA) is 63.4 Å². The van der Waals surface area contributed by atoms with E-state index in [1.165, 1.54) is 0 Å². The lowest BCUT2D eigenvalue weighted by Crippen LogP contribution is -2.15. The van der Waals surface area contributed by atoms with Crippen LogP contribution in [0.4, 0.5) is 0 Å². The molecule has 0 aliphatic rings. The summed E-state index contributed by atoms with van der Waals surface area (Å²) in [5.41, 5.74) is 0. The maximum absolute atomic E-state index is 9.50. The molecule has 0 amide bonds. The van der Waals surface area contributed by atoms with Gasteiger partial charge in [-0.2, -0.15) is 0 Å². The Morgan fingerprint density at radius 1 is 2.00 bits per heavy atom. The molecule has 0 aromatic heterocycles. The van der Waals surface area contributed by atoms with E-state index in [0.717, 1.165) is 0 Å². The molecule has 0 aliphatic heterocycles. The van der Waals surface area contributed by atoms with Gasteiger partial charge in [0, 0.05) is 4.92 Å². The minimum atomic E-state index is -1.13. The van der Waals surface area contributed by atoms with Gasteiger partial charge in [0.2, 0.25) is 0 Å². The zero-order chi connectivity index (χ0) is 5.86. The highest BCUT2D eigenvalue weighted by atomic mass is 32.1. The first-order valence-corrected chi connectivity index (χ1v) is 2.12. The number of hydrogen-bond acceptors (Lipinski definition) is 4. The van der Waals surface area contributed by atoms with E-state index in [2.05, 4.69) is 12.6 Å². The molecule has 5 heteroatoms. The number of nitro groups is 1. The van der Waals surface area contributed by atoms with Crippen LogP contribution in [0.2, 0.25) is 0 Å². The fourth-order valence-corrected chi connectivity index (χ4v) is 0.0667. The predicted octanol–water partition coefficient (Wildman–Crippen LogP) is -0.489. The summed E-state index contributed by atoms with van der Waals surface area (Å²) in [6.07, 6.45) is 0. The van der Waals surface area contributed by atoms with Crippen LogP contribution in [0.3, 0.4) is 0 Å². The summed E-state index contributed by atoms with van der Waals surface area (Å²) in [5, 5.41) is 16.4. The summed E-state index contributed by atoms with van der Waals surface area (Å²) in [6, 6.07) is 0. The molecule has 7 heavy (non-hydrogen) atoms. The largest absolute Gasteiger partial charge is 0.388 e. The van der Waals surface area contributed by atoms with Crippen molar-refractivity contribution in [3.8, 4) is 0 Å². The zero-order valence-electron chi connectivity index (χ0n) is 3.44. The maximum atomic E-state index is 9.50. The summed E-state index contributed by atoms with van der Waals surface area (Å²) in [5.74, 6) is 0. The molecular weight excluding hydrogens is 118 g/mol. The molecule has 0 saturated heterocycles. The number of rotatable bonds is 2. The molecule has 0 spiro atoms. The normalized spacial score (nSPS) is 13.4. The highest BCUT2D eigenvalue weighted by Gasteiger charge is 2.09. The first-order valence-electron chi connectivity index (χ1n) is 1.61. The highest BCUT2D eigenvalue weighted by molar-refractivity contribution is 7.80. The van der Waals surface area contributed by atoms with Crippen LogP contribution in [-0.4, -0.2) is 22.0 Å². The van der Waals surface area contributed by atoms with Crippen LogP contribution in [0.1, 0.15) is 0 Å². The molecule has 0 aromatic rings. The quantitative estimate of drug-likeness (QED) is 0.225. The molecule has 0 aliphatic carbocycles.